The van der Waals surface area contributed by atoms with Crippen LogP contribution in [0.1, 0.15) is 10.5 Å². The molecule has 24 heavy (non-hydrogen) atoms. The van der Waals surface area contributed by atoms with E-state index in [1.165, 1.54) is 7.11 Å². The molecule has 5 nitrogen and oxygen atoms in total. The molecule has 5 heteroatoms. The summed E-state index contributed by atoms with van der Waals surface area (Å²) in [5, 5.41) is 1.01. The van der Waals surface area contributed by atoms with Crippen molar-refractivity contribution in [2.75, 3.05) is 7.11 Å². The van der Waals surface area contributed by atoms with Gasteiger partial charge in [0.25, 0.3) is 0 Å². The van der Waals surface area contributed by atoms with Crippen LogP contribution < -0.4 is 0 Å². The van der Waals surface area contributed by atoms with Crippen LogP contribution in [0.4, 0.5) is 0 Å². The molecule has 0 N–H and O–H groups in total. The molecule has 0 aliphatic heterocycles. The van der Waals surface area contributed by atoms with Crippen molar-refractivity contribution in [1.82, 2.24) is 14.5 Å². The second kappa shape index (κ2) is 5.45. The first kappa shape index (κ1) is 14.4. The third kappa shape index (κ3) is 2.06. The number of esters is 1. The maximum absolute atomic E-state index is 12.2. The molecule has 0 saturated heterocycles. The van der Waals surface area contributed by atoms with Gasteiger partial charge in [0.15, 0.2) is 11.3 Å². The molecular weight excluding hydrogens is 302 g/mol. The molecule has 2 aromatic carbocycles. The molecule has 4 rings (SSSR count). The summed E-state index contributed by atoms with van der Waals surface area (Å²) < 4.78 is 6.85. The lowest BCUT2D eigenvalue weighted by Crippen LogP contribution is -2.09. The van der Waals surface area contributed by atoms with Crippen LogP contribution in [0.5, 0.6) is 0 Å². The Morgan fingerprint density at radius 2 is 1.71 bits per heavy atom. The number of fused-ring (bicyclic) bond motifs is 3. The average molecular weight is 317 g/mol. The number of methoxy groups -OCH3 is 1. The van der Waals surface area contributed by atoms with Gasteiger partial charge in [0, 0.05) is 18.0 Å². The fourth-order valence-electron chi connectivity index (χ4n) is 2.96. The predicted octanol–water partition coefficient (Wildman–Crippen LogP) is 3.58. The highest BCUT2D eigenvalue weighted by molar-refractivity contribution is 6.06. The van der Waals surface area contributed by atoms with E-state index < -0.39 is 5.97 Å². The molecule has 0 aliphatic rings. The fraction of sp³-hybridized carbons (Fsp3) is 0.105. The van der Waals surface area contributed by atoms with E-state index in [-0.39, 0.29) is 5.69 Å². The Morgan fingerprint density at radius 1 is 1.00 bits per heavy atom. The number of para-hydroxylation sites is 1. The Balaban J connectivity index is 2.13. The SMILES string of the molecule is COC(=O)c1nc2c(nc1-c1ccccc1)c1ccccc1n2C. The monoisotopic (exact) mass is 317 g/mol. The third-order valence-electron chi connectivity index (χ3n) is 4.14. The topological polar surface area (TPSA) is 57.0 Å². The lowest BCUT2D eigenvalue weighted by Gasteiger charge is -2.07. The van der Waals surface area contributed by atoms with Crippen molar-refractivity contribution < 1.29 is 9.53 Å². The minimum absolute atomic E-state index is 0.224. The summed E-state index contributed by atoms with van der Waals surface area (Å²) >= 11 is 0. The van der Waals surface area contributed by atoms with Crippen molar-refractivity contribution in [2.24, 2.45) is 7.05 Å². The summed E-state index contributed by atoms with van der Waals surface area (Å²) in [6.45, 7) is 0. The average Bonchev–Trinajstić information content (AvgIpc) is 2.93. The van der Waals surface area contributed by atoms with Crippen LogP contribution in [0.2, 0.25) is 0 Å². The van der Waals surface area contributed by atoms with Gasteiger partial charge in [-0.2, -0.15) is 0 Å². The zero-order chi connectivity index (χ0) is 16.7. The minimum atomic E-state index is -0.492. The number of hydrogen-bond acceptors (Lipinski definition) is 4. The smallest absolute Gasteiger partial charge is 0.359 e. The molecule has 0 unspecified atom stereocenters. The molecule has 0 radical (unpaired) electrons. The number of carbonyl (C=O) groups excluding carboxylic acids is 1. The van der Waals surface area contributed by atoms with Crippen molar-refractivity contribution in [2.45, 2.75) is 0 Å². The van der Waals surface area contributed by atoms with Crippen LogP contribution in [0, 0.1) is 0 Å². The van der Waals surface area contributed by atoms with Crippen LogP contribution in [0.15, 0.2) is 54.6 Å². The quantitative estimate of drug-likeness (QED) is 0.530. The molecule has 0 bridgehead atoms. The molecule has 0 amide bonds. The number of nitrogens with zero attached hydrogens (tertiary/aromatic N) is 3. The lowest BCUT2D eigenvalue weighted by molar-refractivity contribution is 0.0595. The van der Waals surface area contributed by atoms with E-state index in [0.29, 0.717) is 11.3 Å². The van der Waals surface area contributed by atoms with Gasteiger partial charge in [0.1, 0.15) is 11.2 Å². The molecule has 118 valence electrons. The summed E-state index contributed by atoms with van der Waals surface area (Å²) in [5.41, 5.74) is 4.05. The molecular formula is C19H15N3O2. The van der Waals surface area contributed by atoms with E-state index >= 15 is 0 Å². The van der Waals surface area contributed by atoms with Crippen LogP contribution >= 0.6 is 0 Å². The molecule has 0 atom stereocenters. The van der Waals surface area contributed by atoms with Crippen LogP contribution in [0.25, 0.3) is 33.3 Å². The van der Waals surface area contributed by atoms with E-state index in [0.717, 1.165) is 22.0 Å². The lowest BCUT2D eigenvalue weighted by atomic mass is 10.1. The standard InChI is InChI=1S/C19H15N3O2/c1-22-14-11-7-6-10-13(14)16-18(22)21-17(19(23)24-2)15(20-16)12-8-4-3-5-9-12/h3-11H,1-2H3. The zero-order valence-corrected chi connectivity index (χ0v) is 13.4. The first-order chi connectivity index (χ1) is 11.7. The summed E-state index contributed by atoms with van der Waals surface area (Å²) in [4.78, 5) is 21.6. The Labute approximate surface area is 138 Å². The maximum atomic E-state index is 12.2. The maximum Gasteiger partial charge on any atom is 0.359 e. The first-order valence-corrected chi connectivity index (χ1v) is 7.59. The Morgan fingerprint density at radius 3 is 2.46 bits per heavy atom. The van der Waals surface area contributed by atoms with Crippen molar-refractivity contribution in [3.8, 4) is 11.3 Å². The van der Waals surface area contributed by atoms with Crippen molar-refractivity contribution in [3.05, 3.63) is 60.3 Å². The second-order valence-corrected chi connectivity index (χ2v) is 5.53. The van der Waals surface area contributed by atoms with Gasteiger partial charge in [-0.05, 0) is 6.07 Å². The number of carbonyl (C=O) groups is 1. The van der Waals surface area contributed by atoms with E-state index in [1.54, 1.807) is 0 Å². The number of aryl methyl sites for hydroxylation is 1. The zero-order valence-electron chi connectivity index (χ0n) is 13.4. The second-order valence-electron chi connectivity index (χ2n) is 5.53. The van der Waals surface area contributed by atoms with Crippen LogP contribution in [-0.2, 0) is 11.8 Å². The number of rotatable bonds is 2. The normalized spacial score (nSPS) is 11.1. The predicted molar refractivity (Wildman–Crippen MR) is 92.8 cm³/mol. The molecule has 0 spiro atoms. The Hall–Kier alpha value is -3.21. The molecule has 0 saturated carbocycles. The summed E-state index contributed by atoms with van der Waals surface area (Å²) in [6.07, 6.45) is 0. The highest BCUT2D eigenvalue weighted by Gasteiger charge is 2.21. The number of hydrogen-bond donors (Lipinski definition) is 0. The Bertz CT molecular complexity index is 1070. The molecule has 2 heterocycles. The van der Waals surface area contributed by atoms with Crippen molar-refractivity contribution in [1.29, 1.82) is 0 Å². The fourth-order valence-corrected chi connectivity index (χ4v) is 2.96. The van der Waals surface area contributed by atoms with Gasteiger partial charge in [-0.25, -0.2) is 14.8 Å². The van der Waals surface area contributed by atoms with Crippen molar-refractivity contribution in [3.63, 3.8) is 0 Å². The van der Waals surface area contributed by atoms with E-state index in [4.69, 9.17) is 9.72 Å². The van der Waals surface area contributed by atoms with Gasteiger partial charge in [0.2, 0.25) is 0 Å². The number of benzene rings is 2. The van der Waals surface area contributed by atoms with Gasteiger partial charge in [-0.3, -0.25) is 0 Å². The summed E-state index contributed by atoms with van der Waals surface area (Å²) in [7, 11) is 3.27. The van der Waals surface area contributed by atoms with Gasteiger partial charge >= 0.3 is 5.97 Å². The van der Waals surface area contributed by atoms with Gasteiger partial charge < -0.3 is 9.30 Å². The van der Waals surface area contributed by atoms with E-state index in [2.05, 4.69) is 4.98 Å². The van der Waals surface area contributed by atoms with Gasteiger partial charge in [0.05, 0.1) is 12.6 Å². The largest absolute Gasteiger partial charge is 0.464 e. The number of ether oxygens (including phenoxy) is 1. The van der Waals surface area contributed by atoms with Gasteiger partial charge in [-0.1, -0.05) is 48.5 Å². The van der Waals surface area contributed by atoms with Crippen LogP contribution in [-0.4, -0.2) is 27.6 Å². The van der Waals surface area contributed by atoms with Crippen LogP contribution in [0.3, 0.4) is 0 Å². The molecule has 0 aliphatic carbocycles. The van der Waals surface area contributed by atoms with Gasteiger partial charge in [-0.15, -0.1) is 0 Å². The van der Waals surface area contributed by atoms with Crippen molar-refractivity contribution >= 4 is 28.0 Å². The minimum Gasteiger partial charge on any atom is -0.464 e. The Kier molecular flexibility index (Phi) is 3.27. The first-order valence-electron chi connectivity index (χ1n) is 7.59. The highest BCUT2D eigenvalue weighted by Crippen LogP contribution is 2.29. The summed E-state index contributed by atoms with van der Waals surface area (Å²) in [6, 6.07) is 17.5. The molecule has 4 aromatic rings. The number of aromatic nitrogens is 3. The van der Waals surface area contributed by atoms with E-state index in [9.17, 15) is 4.79 Å². The summed E-state index contributed by atoms with van der Waals surface area (Å²) in [5.74, 6) is -0.492. The molecule has 0 fully saturated rings. The molecule has 2 aromatic heterocycles. The third-order valence-corrected chi connectivity index (χ3v) is 4.14. The van der Waals surface area contributed by atoms with E-state index in [1.807, 2.05) is 66.2 Å². The highest BCUT2D eigenvalue weighted by atomic mass is 16.5.